The summed E-state index contributed by atoms with van der Waals surface area (Å²) in [6.45, 7) is 5.43. The highest BCUT2D eigenvalue weighted by molar-refractivity contribution is 5.79. The molecule has 0 aromatic heterocycles. The van der Waals surface area contributed by atoms with Crippen molar-refractivity contribution in [3.63, 3.8) is 0 Å². The van der Waals surface area contributed by atoms with Crippen molar-refractivity contribution < 1.29 is 19.1 Å². The van der Waals surface area contributed by atoms with E-state index in [0.29, 0.717) is 37.2 Å². The lowest BCUT2D eigenvalue weighted by atomic mass is 10.1. The number of ether oxygens (including phenoxy) is 2. The van der Waals surface area contributed by atoms with Crippen molar-refractivity contribution in [3.8, 4) is 11.5 Å². The minimum Gasteiger partial charge on any atom is -0.497 e. The van der Waals surface area contributed by atoms with Crippen LogP contribution in [-0.4, -0.2) is 61.8 Å². The Morgan fingerprint density at radius 2 is 0.906 bits per heavy atom. The number of Topliss-reactive ketones (excluding diaryl/α,β-unsaturated/α-hetero) is 2. The maximum atomic E-state index is 11.1. The molecule has 2 aliphatic rings. The van der Waals surface area contributed by atoms with Crippen molar-refractivity contribution in [1.29, 1.82) is 0 Å². The standard InChI is InChI=1S/2C13H17NO2/c2*1-16-13-4-2-11(3-5-13)10-14-8-6-12(15)7-9-14/h2*2-5H,6-10H2,1H3. The van der Waals surface area contributed by atoms with Gasteiger partial charge in [-0.25, -0.2) is 0 Å². The highest BCUT2D eigenvalue weighted by Gasteiger charge is 2.16. The number of likely N-dealkylation sites (tertiary alicyclic amines) is 2. The molecule has 6 nitrogen and oxygen atoms in total. The minimum absolute atomic E-state index is 0.394. The van der Waals surface area contributed by atoms with E-state index in [4.69, 9.17) is 9.47 Å². The van der Waals surface area contributed by atoms with Gasteiger partial charge >= 0.3 is 0 Å². The average Bonchev–Trinajstić information content (AvgIpc) is 2.83. The van der Waals surface area contributed by atoms with Gasteiger partial charge < -0.3 is 9.47 Å². The topological polar surface area (TPSA) is 59.1 Å². The van der Waals surface area contributed by atoms with Gasteiger partial charge in [0, 0.05) is 65.0 Å². The number of benzene rings is 2. The molecule has 0 atom stereocenters. The highest BCUT2D eigenvalue weighted by Crippen LogP contribution is 2.16. The SMILES string of the molecule is COc1ccc(CN2CCC(=O)CC2)cc1.COc1ccc(CN2CCC(=O)CC2)cc1. The van der Waals surface area contributed by atoms with Crippen LogP contribution in [0.25, 0.3) is 0 Å². The first-order valence-electron chi connectivity index (χ1n) is 11.3. The number of hydrogen-bond acceptors (Lipinski definition) is 6. The molecule has 2 aromatic rings. The summed E-state index contributed by atoms with van der Waals surface area (Å²) >= 11 is 0. The van der Waals surface area contributed by atoms with Gasteiger partial charge in [0.25, 0.3) is 0 Å². The van der Waals surface area contributed by atoms with Crippen molar-refractivity contribution >= 4 is 11.6 Å². The fourth-order valence-corrected chi connectivity index (χ4v) is 3.90. The smallest absolute Gasteiger partial charge is 0.135 e. The second-order valence-electron chi connectivity index (χ2n) is 8.33. The van der Waals surface area contributed by atoms with Gasteiger partial charge in [-0.05, 0) is 35.4 Å². The van der Waals surface area contributed by atoms with Gasteiger partial charge in [-0.3, -0.25) is 19.4 Å². The van der Waals surface area contributed by atoms with Crippen LogP contribution < -0.4 is 9.47 Å². The molecule has 4 rings (SSSR count). The van der Waals surface area contributed by atoms with Gasteiger partial charge in [-0.2, -0.15) is 0 Å². The average molecular weight is 439 g/mol. The van der Waals surface area contributed by atoms with Crippen LogP contribution in [0, 0.1) is 0 Å². The molecule has 0 unspecified atom stereocenters. The Hall–Kier alpha value is -2.70. The summed E-state index contributed by atoms with van der Waals surface area (Å²) in [6.07, 6.45) is 2.82. The van der Waals surface area contributed by atoms with Gasteiger partial charge in [0.15, 0.2) is 0 Å². The van der Waals surface area contributed by atoms with Gasteiger partial charge in [0.05, 0.1) is 14.2 Å². The molecule has 2 aromatic carbocycles. The molecule has 32 heavy (non-hydrogen) atoms. The van der Waals surface area contributed by atoms with Gasteiger partial charge in [-0.1, -0.05) is 24.3 Å². The van der Waals surface area contributed by atoms with E-state index < -0.39 is 0 Å². The maximum absolute atomic E-state index is 11.1. The molecule has 172 valence electrons. The molecule has 0 saturated carbocycles. The molecule has 0 N–H and O–H groups in total. The predicted octanol–water partition coefficient (Wildman–Crippen LogP) is 3.72. The molecule has 2 fully saturated rings. The quantitative estimate of drug-likeness (QED) is 0.685. The van der Waals surface area contributed by atoms with Gasteiger partial charge in [0.2, 0.25) is 0 Å². The third kappa shape index (κ3) is 7.77. The number of methoxy groups -OCH3 is 2. The van der Waals surface area contributed by atoms with Crippen LogP contribution >= 0.6 is 0 Å². The van der Waals surface area contributed by atoms with Crippen molar-refractivity contribution in [3.05, 3.63) is 59.7 Å². The second kappa shape index (κ2) is 12.4. The summed E-state index contributed by atoms with van der Waals surface area (Å²) in [4.78, 5) is 26.8. The number of piperidine rings is 2. The molecular weight excluding hydrogens is 404 g/mol. The number of ketones is 2. The van der Waals surface area contributed by atoms with E-state index in [9.17, 15) is 9.59 Å². The third-order valence-electron chi connectivity index (χ3n) is 5.96. The lowest BCUT2D eigenvalue weighted by molar-refractivity contribution is -0.122. The zero-order valence-corrected chi connectivity index (χ0v) is 19.2. The lowest BCUT2D eigenvalue weighted by Crippen LogP contribution is -2.33. The molecule has 0 spiro atoms. The first-order chi connectivity index (χ1) is 15.6. The van der Waals surface area contributed by atoms with Crippen molar-refractivity contribution in [2.75, 3.05) is 40.4 Å². The fraction of sp³-hybridized carbons (Fsp3) is 0.462. The molecule has 0 amide bonds. The monoisotopic (exact) mass is 438 g/mol. The van der Waals surface area contributed by atoms with Crippen LogP contribution in [0.3, 0.4) is 0 Å². The van der Waals surface area contributed by atoms with Crippen molar-refractivity contribution in [1.82, 2.24) is 9.80 Å². The Balaban J connectivity index is 0.000000181. The maximum Gasteiger partial charge on any atom is 0.135 e. The Morgan fingerprint density at radius 3 is 1.19 bits per heavy atom. The highest BCUT2D eigenvalue weighted by atomic mass is 16.5. The summed E-state index contributed by atoms with van der Waals surface area (Å²) in [5.41, 5.74) is 2.55. The number of carbonyl (C=O) groups is 2. The first-order valence-corrected chi connectivity index (χ1v) is 11.3. The fourth-order valence-electron chi connectivity index (χ4n) is 3.90. The van der Waals surface area contributed by atoms with Crippen LogP contribution in [0.5, 0.6) is 11.5 Å². The van der Waals surface area contributed by atoms with Crippen LogP contribution in [0.1, 0.15) is 36.8 Å². The molecule has 2 aliphatic heterocycles. The van der Waals surface area contributed by atoms with E-state index in [2.05, 4.69) is 34.1 Å². The molecular formula is C26H34N2O4. The lowest BCUT2D eigenvalue weighted by Gasteiger charge is -2.25. The van der Waals surface area contributed by atoms with Crippen LogP contribution in [0.4, 0.5) is 0 Å². The van der Waals surface area contributed by atoms with Gasteiger partial charge in [-0.15, -0.1) is 0 Å². The summed E-state index contributed by atoms with van der Waals surface area (Å²) in [6, 6.07) is 16.2. The van der Waals surface area contributed by atoms with E-state index in [-0.39, 0.29) is 0 Å². The first kappa shape index (κ1) is 24.0. The number of hydrogen-bond donors (Lipinski definition) is 0. The molecule has 0 bridgehead atoms. The second-order valence-corrected chi connectivity index (χ2v) is 8.33. The van der Waals surface area contributed by atoms with E-state index in [1.165, 1.54) is 11.1 Å². The number of nitrogens with zero attached hydrogens (tertiary/aromatic N) is 2. The van der Waals surface area contributed by atoms with Crippen molar-refractivity contribution in [2.45, 2.75) is 38.8 Å². The molecule has 2 heterocycles. The van der Waals surface area contributed by atoms with E-state index in [0.717, 1.165) is 50.8 Å². The molecule has 2 saturated heterocycles. The predicted molar refractivity (Wildman–Crippen MR) is 125 cm³/mol. The van der Waals surface area contributed by atoms with Crippen LogP contribution in [0.2, 0.25) is 0 Å². The zero-order chi connectivity index (χ0) is 22.8. The molecule has 6 heteroatoms. The molecule has 0 radical (unpaired) electrons. The summed E-state index contributed by atoms with van der Waals surface area (Å²) in [5, 5.41) is 0. The minimum atomic E-state index is 0.394. The normalized spacial score (nSPS) is 17.4. The van der Waals surface area contributed by atoms with Gasteiger partial charge in [0.1, 0.15) is 23.1 Å². The number of rotatable bonds is 6. The van der Waals surface area contributed by atoms with E-state index in [1.807, 2.05) is 24.3 Å². The van der Waals surface area contributed by atoms with Crippen LogP contribution in [-0.2, 0) is 22.7 Å². The summed E-state index contributed by atoms with van der Waals surface area (Å²) in [7, 11) is 3.34. The summed E-state index contributed by atoms with van der Waals surface area (Å²) in [5.74, 6) is 2.56. The Kier molecular flexibility index (Phi) is 9.26. The molecule has 0 aliphatic carbocycles. The third-order valence-corrected chi connectivity index (χ3v) is 5.96. The Labute approximate surface area is 191 Å². The van der Waals surface area contributed by atoms with Crippen LogP contribution in [0.15, 0.2) is 48.5 Å². The van der Waals surface area contributed by atoms with E-state index >= 15 is 0 Å². The van der Waals surface area contributed by atoms with Crippen molar-refractivity contribution in [2.24, 2.45) is 0 Å². The number of carbonyl (C=O) groups excluding carboxylic acids is 2. The zero-order valence-electron chi connectivity index (χ0n) is 19.2. The Bertz CT molecular complexity index is 771. The summed E-state index contributed by atoms with van der Waals surface area (Å²) < 4.78 is 10.2. The Morgan fingerprint density at radius 1 is 0.594 bits per heavy atom. The largest absolute Gasteiger partial charge is 0.497 e. The van der Waals surface area contributed by atoms with E-state index in [1.54, 1.807) is 14.2 Å².